The van der Waals surface area contributed by atoms with Gasteiger partial charge in [0.2, 0.25) is 0 Å². The monoisotopic (exact) mass is 511 g/mol. The Morgan fingerprint density at radius 1 is 0.919 bits per heavy atom. The van der Waals surface area contributed by atoms with Crippen molar-refractivity contribution in [3.05, 3.63) is 51.8 Å². The fourth-order valence-corrected chi connectivity index (χ4v) is 4.91. The van der Waals surface area contributed by atoms with Gasteiger partial charge in [-0.3, -0.25) is 4.79 Å². The van der Waals surface area contributed by atoms with Gasteiger partial charge in [-0.1, -0.05) is 23.8 Å². The Morgan fingerprint density at radius 2 is 1.46 bits per heavy atom. The molecule has 2 aliphatic rings. The summed E-state index contributed by atoms with van der Waals surface area (Å²) in [5.74, 6) is 0.343. The summed E-state index contributed by atoms with van der Waals surface area (Å²) in [6, 6.07) is 4.06. The van der Waals surface area contributed by atoms with Crippen LogP contribution in [0.15, 0.2) is 29.5 Å². The smallest absolute Gasteiger partial charge is 0.444 e. The number of amides is 1. The van der Waals surface area contributed by atoms with Gasteiger partial charge in [-0.15, -0.1) is 0 Å². The molecular formula is C30H41NO6. The van der Waals surface area contributed by atoms with Gasteiger partial charge in [0, 0.05) is 25.1 Å². The number of likely N-dealkylation sites (tertiary alicyclic amines) is 1. The molecule has 1 aromatic carbocycles. The lowest BCUT2D eigenvalue weighted by molar-refractivity contribution is -0.110. The third-order valence-corrected chi connectivity index (χ3v) is 6.30. The zero-order chi connectivity index (χ0) is 27.7. The minimum Gasteiger partial charge on any atom is -0.444 e. The van der Waals surface area contributed by atoms with Crippen LogP contribution in [0.2, 0.25) is 0 Å². The van der Waals surface area contributed by atoms with E-state index in [1.165, 1.54) is 0 Å². The third kappa shape index (κ3) is 7.46. The number of ether oxygens (including phenoxy) is 3. The van der Waals surface area contributed by atoms with Crippen molar-refractivity contribution in [3.8, 4) is 0 Å². The average molecular weight is 512 g/mol. The number of carbonyl (C=O) groups is 3. The molecule has 1 saturated heterocycles. The Morgan fingerprint density at radius 3 is 1.97 bits per heavy atom. The van der Waals surface area contributed by atoms with E-state index in [-0.39, 0.29) is 24.2 Å². The number of hydrogen-bond donors (Lipinski definition) is 0. The van der Waals surface area contributed by atoms with Gasteiger partial charge < -0.3 is 19.1 Å². The first-order valence-corrected chi connectivity index (χ1v) is 13.0. The number of benzene rings is 1. The molecule has 0 aromatic heterocycles. The maximum absolute atomic E-state index is 13.7. The lowest BCUT2D eigenvalue weighted by Crippen LogP contribution is -2.41. The molecule has 0 bridgehead atoms. The van der Waals surface area contributed by atoms with Crippen molar-refractivity contribution in [2.75, 3.05) is 13.1 Å². The number of ketones is 1. The first kappa shape index (κ1) is 28.5. The molecule has 37 heavy (non-hydrogen) atoms. The van der Waals surface area contributed by atoms with E-state index in [2.05, 4.69) is 0 Å². The Labute approximate surface area is 220 Å². The second kappa shape index (κ2) is 10.7. The van der Waals surface area contributed by atoms with Crippen LogP contribution < -0.4 is 0 Å². The first-order valence-electron chi connectivity index (χ1n) is 13.0. The molecule has 1 aliphatic heterocycles. The molecule has 1 aromatic rings. The number of carbonyl (C=O) groups excluding carboxylic acids is 3. The molecule has 1 amide bonds. The van der Waals surface area contributed by atoms with E-state index < -0.39 is 17.4 Å². The van der Waals surface area contributed by atoms with Gasteiger partial charge in [0.15, 0.2) is 5.78 Å². The molecule has 7 heteroatoms. The zero-order valence-corrected chi connectivity index (χ0v) is 23.7. The highest BCUT2D eigenvalue weighted by Crippen LogP contribution is 2.40. The van der Waals surface area contributed by atoms with E-state index in [1.807, 2.05) is 59.8 Å². The summed E-state index contributed by atoms with van der Waals surface area (Å²) in [7, 11) is 0. The van der Waals surface area contributed by atoms with Crippen LogP contribution in [0.5, 0.6) is 0 Å². The van der Waals surface area contributed by atoms with E-state index in [0.29, 0.717) is 30.0 Å². The summed E-state index contributed by atoms with van der Waals surface area (Å²) in [4.78, 5) is 40.4. The van der Waals surface area contributed by atoms with Crippen molar-refractivity contribution in [1.82, 2.24) is 4.90 Å². The fraction of sp³-hybridized carbons (Fsp3) is 0.567. The summed E-state index contributed by atoms with van der Waals surface area (Å²) < 4.78 is 16.5. The van der Waals surface area contributed by atoms with E-state index in [0.717, 1.165) is 35.1 Å². The highest BCUT2D eigenvalue weighted by atomic mass is 16.7. The Balaban J connectivity index is 1.84. The number of rotatable bonds is 3. The van der Waals surface area contributed by atoms with Crippen LogP contribution in [-0.4, -0.2) is 47.2 Å². The summed E-state index contributed by atoms with van der Waals surface area (Å²) in [5.41, 5.74) is 3.62. The Hall–Kier alpha value is -3.09. The van der Waals surface area contributed by atoms with Crippen molar-refractivity contribution in [3.63, 3.8) is 0 Å². The highest BCUT2D eigenvalue weighted by molar-refractivity contribution is 6.32. The van der Waals surface area contributed by atoms with Crippen LogP contribution in [0.3, 0.4) is 0 Å². The maximum atomic E-state index is 13.7. The van der Waals surface area contributed by atoms with Crippen molar-refractivity contribution < 1.29 is 28.6 Å². The van der Waals surface area contributed by atoms with Crippen molar-refractivity contribution in [2.24, 2.45) is 5.92 Å². The van der Waals surface area contributed by atoms with Crippen LogP contribution in [-0.2, 0) is 19.0 Å². The van der Waals surface area contributed by atoms with Gasteiger partial charge in [0.25, 0.3) is 0 Å². The van der Waals surface area contributed by atoms with Crippen LogP contribution >= 0.6 is 0 Å². The standard InChI is InChI=1S/C30H41NO6/c1-18-14-19(2)24(20(3)15-18)25-23(35-28(34)37-30(7,8)9)17-22(26(25)32)16-21-10-12-31(13-11-21)27(33)36-29(4,5)6/h14-16,21H,10-13,17H2,1-9H3/b22-16+. The van der Waals surface area contributed by atoms with Gasteiger partial charge in [-0.25, -0.2) is 9.59 Å². The largest absolute Gasteiger partial charge is 0.514 e. The van der Waals surface area contributed by atoms with Crippen LogP contribution in [0, 0.1) is 26.7 Å². The van der Waals surface area contributed by atoms with Gasteiger partial charge in [0.1, 0.15) is 17.0 Å². The molecule has 0 spiro atoms. The van der Waals surface area contributed by atoms with Gasteiger partial charge >= 0.3 is 12.2 Å². The topological polar surface area (TPSA) is 82.1 Å². The van der Waals surface area contributed by atoms with Crippen molar-refractivity contribution in [1.29, 1.82) is 0 Å². The predicted octanol–water partition coefficient (Wildman–Crippen LogP) is 6.82. The molecule has 1 heterocycles. The summed E-state index contributed by atoms with van der Waals surface area (Å²) in [5, 5.41) is 0. The summed E-state index contributed by atoms with van der Waals surface area (Å²) >= 11 is 0. The Kier molecular flexibility index (Phi) is 8.25. The van der Waals surface area contributed by atoms with Crippen molar-refractivity contribution >= 4 is 23.6 Å². The molecule has 0 atom stereocenters. The SMILES string of the molecule is Cc1cc(C)c(C2=C(OC(=O)OC(C)(C)C)C/C(=C\C3CCN(C(=O)OC(C)(C)C)CC3)C2=O)c(C)c1. The third-order valence-electron chi connectivity index (χ3n) is 6.30. The normalized spacial score (nSPS) is 18.5. The number of nitrogens with zero attached hydrogens (tertiary/aromatic N) is 1. The second-order valence-corrected chi connectivity index (χ2v) is 12.1. The molecule has 202 valence electrons. The van der Waals surface area contributed by atoms with Gasteiger partial charge in [-0.05, 0) is 97.8 Å². The average Bonchev–Trinajstić information content (AvgIpc) is 3.00. The Bertz CT molecular complexity index is 1110. The van der Waals surface area contributed by atoms with Crippen LogP contribution in [0.4, 0.5) is 9.59 Å². The lowest BCUT2D eigenvalue weighted by atomic mass is 9.90. The molecular weight excluding hydrogens is 470 g/mol. The highest BCUT2D eigenvalue weighted by Gasteiger charge is 2.35. The number of piperidine rings is 1. The molecule has 1 aliphatic carbocycles. The maximum Gasteiger partial charge on any atom is 0.514 e. The molecule has 0 unspecified atom stereocenters. The second-order valence-electron chi connectivity index (χ2n) is 12.1. The number of allylic oxidation sites excluding steroid dienone is 3. The van der Waals surface area contributed by atoms with E-state index >= 15 is 0 Å². The predicted molar refractivity (Wildman–Crippen MR) is 143 cm³/mol. The molecule has 0 saturated carbocycles. The zero-order valence-electron chi connectivity index (χ0n) is 23.7. The molecule has 1 fully saturated rings. The summed E-state index contributed by atoms with van der Waals surface area (Å²) in [6.07, 6.45) is 2.57. The fourth-order valence-electron chi connectivity index (χ4n) is 4.91. The van der Waals surface area contributed by atoms with E-state index in [9.17, 15) is 14.4 Å². The van der Waals surface area contributed by atoms with Crippen LogP contribution in [0.25, 0.3) is 5.57 Å². The van der Waals surface area contributed by atoms with Crippen molar-refractivity contribution in [2.45, 2.75) is 92.8 Å². The summed E-state index contributed by atoms with van der Waals surface area (Å²) in [6.45, 7) is 18.0. The molecule has 0 radical (unpaired) electrons. The minimum atomic E-state index is -0.817. The van der Waals surface area contributed by atoms with Gasteiger partial charge in [-0.2, -0.15) is 0 Å². The van der Waals surface area contributed by atoms with Gasteiger partial charge in [0.05, 0.1) is 5.57 Å². The molecule has 7 nitrogen and oxygen atoms in total. The van der Waals surface area contributed by atoms with E-state index in [4.69, 9.17) is 14.2 Å². The molecule has 0 N–H and O–H groups in total. The number of hydrogen-bond acceptors (Lipinski definition) is 6. The minimum absolute atomic E-state index is 0.122. The van der Waals surface area contributed by atoms with E-state index in [1.54, 1.807) is 25.7 Å². The first-order chi connectivity index (χ1) is 17.0. The number of aryl methyl sites for hydroxylation is 3. The number of Topliss-reactive ketones (excluding diaryl/α,β-unsaturated/α-hetero) is 1. The lowest BCUT2D eigenvalue weighted by Gasteiger charge is -2.32. The quantitative estimate of drug-likeness (QED) is 0.327. The molecule has 3 rings (SSSR count). The van der Waals surface area contributed by atoms with Crippen LogP contribution in [0.1, 0.15) is 83.1 Å².